The molecule has 2 heteroatoms. The van der Waals surface area contributed by atoms with Gasteiger partial charge >= 0.3 is 0 Å². The summed E-state index contributed by atoms with van der Waals surface area (Å²) in [6.45, 7) is 8.56. The molecule has 0 fully saturated rings. The van der Waals surface area contributed by atoms with Gasteiger partial charge in [0.2, 0.25) is 0 Å². The van der Waals surface area contributed by atoms with Gasteiger partial charge in [-0.3, -0.25) is 4.79 Å². The van der Waals surface area contributed by atoms with Crippen molar-refractivity contribution in [3.8, 4) is 0 Å². The summed E-state index contributed by atoms with van der Waals surface area (Å²) in [5.41, 5.74) is 1.07. The lowest BCUT2D eigenvalue weighted by atomic mass is 9.95. The molecular formula is C17H26O2. The van der Waals surface area contributed by atoms with E-state index in [0.29, 0.717) is 6.61 Å². The van der Waals surface area contributed by atoms with Crippen LogP contribution in [0.1, 0.15) is 52.5 Å². The summed E-state index contributed by atoms with van der Waals surface area (Å²) >= 11 is 0. The monoisotopic (exact) mass is 262 g/mol. The van der Waals surface area contributed by atoms with Gasteiger partial charge in [-0.1, -0.05) is 37.3 Å². The topological polar surface area (TPSA) is 26.3 Å². The first kappa shape index (κ1) is 15.9. The predicted octanol–water partition coefficient (Wildman–Crippen LogP) is 4.38. The van der Waals surface area contributed by atoms with Gasteiger partial charge in [-0.2, -0.15) is 0 Å². The van der Waals surface area contributed by atoms with Crippen LogP contribution in [-0.2, 0) is 16.1 Å². The van der Waals surface area contributed by atoms with Gasteiger partial charge in [0.25, 0.3) is 0 Å². The molecule has 0 aromatic heterocycles. The number of Topliss-reactive ketones (excluding diaryl/α,β-unsaturated/α-hetero) is 1. The van der Waals surface area contributed by atoms with E-state index in [0.717, 1.165) is 19.3 Å². The summed E-state index contributed by atoms with van der Waals surface area (Å²) in [5.74, 6) is 0.452. The van der Waals surface area contributed by atoms with Gasteiger partial charge in [-0.25, -0.2) is 0 Å². The third kappa shape index (κ3) is 6.53. The van der Waals surface area contributed by atoms with Crippen LogP contribution in [-0.4, -0.2) is 11.4 Å². The second-order valence-corrected chi connectivity index (χ2v) is 5.94. The van der Waals surface area contributed by atoms with Crippen molar-refractivity contribution in [2.24, 2.45) is 5.92 Å². The Kier molecular flexibility index (Phi) is 6.23. The molecule has 1 rings (SSSR count). The standard InChI is InChI=1S/C17H26O2/c1-14(15(2)18)9-8-12-17(3,4)19-13-16-10-6-5-7-11-16/h5-7,10-11,14H,8-9,12-13H2,1-4H3. The minimum Gasteiger partial charge on any atom is -0.371 e. The summed E-state index contributed by atoms with van der Waals surface area (Å²) < 4.78 is 5.97. The normalized spacial score (nSPS) is 13.3. The van der Waals surface area contributed by atoms with E-state index in [-0.39, 0.29) is 17.3 Å². The van der Waals surface area contributed by atoms with Crippen LogP contribution in [0.3, 0.4) is 0 Å². The quantitative estimate of drug-likeness (QED) is 0.695. The Bertz CT molecular complexity index is 382. The van der Waals surface area contributed by atoms with Gasteiger partial charge in [0.1, 0.15) is 5.78 Å². The smallest absolute Gasteiger partial charge is 0.132 e. The van der Waals surface area contributed by atoms with Crippen LogP contribution in [0.2, 0.25) is 0 Å². The molecular weight excluding hydrogens is 236 g/mol. The van der Waals surface area contributed by atoms with Crippen molar-refractivity contribution in [1.82, 2.24) is 0 Å². The molecule has 0 amide bonds. The third-order valence-corrected chi connectivity index (χ3v) is 3.58. The number of carbonyl (C=O) groups excluding carboxylic acids is 1. The SMILES string of the molecule is CC(=O)C(C)CCCC(C)(C)OCc1ccccc1. The van der Waals surface area contributed by atoms with E-state index >= 15 is 0 Å². The van der Waals surface area contributed by atoms with Crippen LogP contribution < -0.4 is 0 Å². The van der Waals surface area contributed by atoms with E-state index in [1.54, 1.807) is 6.92 Å². The van der Waals surface area contributed by atoms with Crippen LogP contribution in [0.5, 0.6) is 0 Å². The van der Waals surface area contributed by atoms with Crippen molar-refractivity contribution in [2.45, 2.75) is 59.2 Å². The Morgan fingerprint density at radius 1 is 1.26 bits per heavy atom. The molecule has 19 heavy (non-hydrogen) atoms. The number of carbonyl (C=O) groups is 1. The van der Waals surface area contributed by atoms with E-state index in [9.17, 15) is 4.79 Å². The number of rotatable bonds is 8. The first-order valence-electron chi connectivity index (χ1n) is 7.09. The van der Waals surface area contributed by atoms with Crippen molar-refractivity contribution < 1.29 is 9.53 Å². The first-order valence-corrected chi connectivity index (χ1v) is 7.09. The number of hydrogen-bond acceptors (Lipinski definition) is 2. The molecule has 0 aliphatic heterocycles. The molecule has 0 radical (unpaired) electrons. The van der Waals surface area contributed by atoms with Crippen molar-refractivity contribution in [2.75, 3.05) is 0 Å². The molecule has 0 aliphatic rings. The first-order chi connectivity index (χ1) is 8.91. The van der Waals surface area contributed by atoms with Gasteiger partial charge in [0.15, 0.2) is 0 Å². The van der Waals surface area contributed by atoms with Gasteiger partial charge in [-0.05, 0) is 45.6 Å². The van der Waals surface area contributed by atoms with E-state index in [4.69, 9.17) is 4.74 Å². The zero-order valence-corrected chi connectivity index (χ0v) is 12.6. The van der Waals surface area contributed by atoms with E-state index in [1.165, 1.54) is 5.56 Å². The molecule has 0 aliphatic carbocycles. The summed E-state index contributed by atoms with van der Waals surface area (Å²) in [4.78, 5) is 11.2. The van der Waals surface area contributed by atoms with Crippen molar-refractivity contribution in [3.63, 3.8) is 0 Å². The maximum Gasteiger partial charge on any atom is 0.132 e. The predicted molar refractivity (Wildman–Crippen MR) is 79.0 cm³/mol. The summed E-state index contributed by atoms with van der Waals surface area (Å²) in [7, 11) is 0. The van der Waals surface area contributed by atoms with Crippen molar-refractivity contribution >= 4 is 5.78 Å². The molecule has 1 unspecified atom stereocenters. The average Bonchev–Trinajstić information content (AvgIpc) is 2.37. The summed E-state index contributed by atoms with van der Waals surface area (Å²) in [6, 6.07) is 10.2. The maximum atomic E-state index is 11.2. The molecule has 1 aromatic carbocycles. The number of hydrogen-bond donors (Lipinski definition) is 0. The molecule has 0 bridgehead atoms. The molecule has 106 valence electrons. The molecule has 1 atom stereocenters. The second kappa shape index (κ2) is 7.44. The lowest BCUT2D eigenvalue weighted by Crippen LogP contribution is -2.24. The number of ketones is 1. The molecule has 0 heterocycles. The Hall–Kier alpha value is -1.15. The van der Waals surface area contributed by atoms with Crippen LogP contribution in [0.4, 0.5) is 0 Å². The highest BCUT2D eigenvalue weighted by Gasteiger charge is 2.19. The van der Waals surface area contributed by atoms with E-state index in [1.807, 2.05) is 25.1 Å². The fourth-order valence-electron chi connectivity index (χ4n) is 1.96. The lowest BCUT2D eigenvalue weighted by Gasteiger charge is -2.26. The van der Waals surface area contributed by atoms with Crippen LogP contribution in [0.25, 0.3) is 0 Å². The minimum atomic E-state index is -0.133. The Labute approximate surface area is 117 Å². The Morgan fingerprint density at radius 3 is 2.47 bits per heavy atom. The highest BCUT2D eigenvalue weighted by atomic mass is 16.5. The summed E-state index contributed by atoms with van der Waals surface area (Å²) in [6.07, 6.45) is 2.97. The third-order valence-electron chi connectivity index (χ3n) is 3.58. The average molecular weight is 262 g/mol. The van der Waals surface area contributed by atoms with E-state index in [2.05, 4.69) is 26.0 Å². The summed E-state index contributed by atoms with van der Waals surface area (Å²) in [5, 5.41) is 0. The highest BCUT2D eigenvalue weighted by Crippen LogP contribution is 2.21. The van der Waals surface area contributed by atoms with Gasteiger partial charge in [-0.15, -0.1) is 0 Å². The van der Waals surface area contributed by atoms with Crippen LogP contribution >= 0.6 is 0 Å². The fraction of sp³-hybridized carbons (Fsp3) is 0.588. The molecule has 0 spiro atoms. The lowest BCUT2D eigenvalue weighted by molar-refractivity contribution is -0.120. The van der Waals surface area contributed by atoms with Crippen molar-refractivity contribution in [3.05, 3.63) is 35.9 Å². The molecule has 0 saturated carbocycles. The fourth-order valence-corrected chi connectivity index (χ4v) is 1.96. The van der Waals surface area contributed by atoms with Crippen molar-refractivity contribution in [1.29, 1.82) is 0 Å². The molecule has 1 aromatic rings. The Balaban J connectivity index is 2.29. The molecule has 0 saturated heterocycles. The minimum absolute atomic E-state index is 0.133. The molecule has 2 nitrogen and oxygen atoms in total. The van der Waals surface area contributed by atoms with Gasteiger partial charge < -0.3 is 4.74 Å². The Morgan fingerprint density at radius 2 is 1.89 bits per heavy atom. The molecule has 0 N–H and O–H groups in total. The second-order valence-electron chi connectivity index (χ2n) is 5.94. The number of benzene rings is 1. The highest BCUT2D eigenvalue weighted by molar-refractivity contribution is 5.77. The number of ether oxygens (including phenoxy) is 1. The van der Waals surface area contributed by atoms with Gasteiger partial charge in [0.05, 0.1) is 12.2 Å². The van der Waals surface area contributed by atoms with E-state index < -0.39 is 0 Å². The van der Waals surface area contributed by atoms with Crippen LogP contribution in [0, 0.1) is 5.92 Å². The van der Waals surface area contributed by atoms with Crippen LogP contribution in [0.15, 0.2) is 30.3 Å². The maximum absolute atomic E-state index is 11.2. The zero-order valence-electron chi connectivity index (χ0n) is 12.6. The largest absolute Gasteiger partial charge is 0.371 e. The zero-order chi connectivity index (χ0) is 14.3. The van der Waals surface area contributed by atoms with Gasteiger partial charge in [0, 0.05) is 5.92 Å².